The van der Waals surface area contributed by atoms with Gasteiger partial charge in [0.25, 0.3) is 5.89 Å². The first-order chi connectivity index (χ1) is 6.70. The number of hydrogen-bond donors (Lipinski definition) is 1. The van der Waals surface area contributed by atoms with E-state index in [2.05, 4.69) is 21.2 Å². The highest BCUT2D eigenvalue weighted by Crippen LogP contribution is 2.21. The van der Waals surface area contributed by atoms with Crippen molar-refractivity contribution < 1.29 is 4.42 Å². The molecule has 0 aliphatic heterocycles. The minimum atomic E-state index is 0.545. The van der Waals surface area contributed by atoms with E-state index < -0.39 is 0 Å². The van der Waals surface area contributed by atoms with E-state index in [1.807, 2.05) is 20.8 Å². The van der Waals surface area contributed by atoms with Crippen LogP contribution in [0.2, 0.25) is 0 Å². The number of aromatic nitrogens is 3. The number of nitrogens with zero attached hydrogens (tertiary/aromatic N) is 2. The van der Waals surface area contributed by atoms with Gasteiger partial charge in [-0.25, -0.2) is 0 Å². The van der Waals surface area contributed by atoms with E-state index in [0.717, 1.165) is 23.4 Å². The molecule has 73 valence electrons. The minimum Gasteiger partial charge on any atom is -0.419 e. The molecular weight excluding hydrogens is 178 g/mol. The molecule has 0 amide bonds. The van der Waals surface area contributed by atoms with Crippen LogP contribution in [-0.2, 0) is 6.42 Å². The average Bonchev–Trinajstić information content (AvgIpc) is 2.71. The van der Waals surface area contributed by atoms with Gasteiger partial charge in [0.05, 0.1) is 0 Å². The topological polar surface area (TPSA) is 54.7 Å². The Labute approximate surface area is 82.4 Å². The second kappa shape index (κ2) is 3.29. The lowest BCUT2D eigenvalue weighted by Gasteiger charge is -1.90. The van der Waals surface area contributed by atoms with Gasteiger partial charge < -0.3 is 9.40 Å². The zero-order chi connectivity index (χ0) is 10.1. The van der Waals surface area contributed by atoms with Gasteiger partial charge in [-0.2, -0.15) is 0 Å². The summed E-state index contributed by atoms with van der Waals surface area (Å²) in [4.78, 5) is 3.15. The molecule has 14 heavy (non-hydrogen) atoms. The Hall–Kier alpha value is -1.58. The second-order valence-electron chi connectivity index (χ2n) is 3.23. The van der Waals surface area contributed by atoms with Crippen molar-refractivity contribution in [1.82, 2.24) is 15.2 Å². The number of aromatic amines is 1. The molecule has 4 heteroatoms. The molecule has 1 N–H and O–H groups in total. The summed E-state index contributed by atoms with van der Waals surface area (Å²) in [6.07, 6.45) is 0.759. The van der Waals surface area contributed by atoms with E-state index in [0.29, 0.717) is 11.8 Å². The standard InChI is InChI=1S/C10H12N3O/c1-4-8-12-13-10(14-8)9-6(2)5-7(3)11-9/h11H,4H2,1-3H3. The zero-order valence-corrected chi connectivity index (χ0v) is 8.51. The lowest BCUT2D eigenvalue weighted by Crippen LogP contribution is -1.80. The Morgan fingerprint density at radius 3 is 2.64 bits per heavy atom. The summed E-state index contributed by atoms with van der Waals surface area (Å²) >= 11 is 0. The van der Waals surface area contributed by atoms with Gasteiger partial charge in [-0.1, -0.05) is 6.92 Å². The van der Waals surface area contributed by atoms with Crippen LogP contribution in [0.25, 0.3) is 11.6 Å². The highest BCUT2D eigenvalue weighted by Gasteiger charge is 2.11. The van der Waals surface area contributed by atoms with Gasteiger partial charge in [-0.3, -0.25) is 0 Å². The average molecular weight is 190 g/mol. The van der Waals surface area contributed by atoms with Crippen LogP contribution in [0, 0.1) is 19.9 Å². The quantitative estimate of drug-likeness (QED) is 0.788. The van der Waals surface area contributed by atoms with Crippen molar-refractivity contribution in [3.63, 3.8) is 0 Å². The summed E-state index contributed by atoms with van der Waals surface area (Å²) in [7, 11) is 0. The fourth-order valence-electron chi connectivity index (χ4n) is 1.37. The lowest BCUT2D eigenvalue weighted by molar-refractivity contribution is 0.511. The third-order valence-corrected chi connectivity index (χ3v) is 2.05. The van der Waals surface area contributed by atoms with E-state index in [-0.39, 0.29) is 0 Å². The molecule has 0 aliphatic rings. The van der Waals surface area contributed by atoms with E-state index in [9.17, 15) is 0 Å². The van der Waals surface area contributed by atoms with Gasteiger partial charge in [0.2, 0.25) is 5.89 Å². The van der Waals surface area contributed by atoms with Crippen LogP contribution in [0.15, 0.2) is 4.42 Å². The first-order valence-electron chi connectivity index (χ1n) is 4.62. The molecule has 0 spiro atoms. The molecule has 1 radical (unpaired) electrons. The monoisotopic (exact) mass is 190 g/mol. The number of nitrogens with one attached hydrogen (secondary N) is 1. The summed E-state index contributed by atoms with van der Waals surface area (Å²) in [5.41, 5.74) is 2.86. The van der Waals surface area contributed by atoms with Crippen LogP contribution in [-0.4, -0.2) is 15.2 Å². The normalized spacial score (nSPS) is 10.8. The summed E-state index contributed by atoms with van der Waals surface area (Å²) in [6, 6.07) is 3.15. The molecule has 0 saturated carbocycles. The minimum absolute atomic E-state index is 0.545. The Kier molecular flexibility index (Phi) is 2.11. The summed E-state index contributed by atoms with van der Waals surface area (Å²) in [5, 5.41) is 7.87. The van der Waals surface area contributed by atoms with E-state index in [4.69, 9.17) is 4.42 Å². The van der Waals surface area contributed by atoms with Crippen molar-refractivity contribution in [2.75, 3.05) is 0 Å². The summed E-state index contributed by atoms with van der Waals surface area (Å²) in [5.74, 6) is 1.20. The van der Waals surface area contributed by atoms with Gasteiger partial charge in [-0.15, -0.1) is 10.2 Å². The van der Waals surface area contributed by atoms with E-state index >= 15 is 0 Å². The highest BCUT2D eigenvalue weighted by atomic mass is 16.4. The first kappa shape index (κ1) is 8.99. The number of rotatable bonds is 2. The molecule has 4 nitrogen and oxygen atoms in total. The molecule has 0 unspecified atom stereocenters. The molecule has 0 fully saturated rings. The maximum absolute atomic E-state index is 5.44. The Morgan fingerprint density at radius 2 is 2.14 bits per heavy atom. The molecule has 0 saturated heterocycles. The van der Waals surface area contributed by atoms with Crippen LogP contribution in [0.4, 0.5) is 0 Å². The fourth-order valence-corrected chi connectivity index (χ4v) is 1.37. The molecule has 2 heterocycles. The summed E-state index contributed by atoms with van der Waals surface area (Å²) in [6.45, 7) is 5.90. The predicted octanol–water partition coefficient (Wildman–Crippen LogP) is 2.04. The van der Waals surface area contributed by atoms with Gasteiger partial charge in [0.15, 0.2) is 0 Å². The molecular formula is C10H12N3O. The molecule has 2 rings (SSSR count). The maximum atomic E-state index is 5.44. The third kappa shape index (κ3) is 1.43. The molecule has 2 aromatic rings. The van der Waals surface area contributed by atoms with Crippen LogP contribution < -0.4 is 0 Å². The molecule has 0 aliphatic carbocycles. The highest BCUT2D eigenvalue weighted by molar-refractivity contribution is 5.53. The second-order valence-corrected chi connectivity index (χ2v) is 3.23. The van der Waals surface area contributed by atoms with Gasteiger partial charge in [-0.05, 0) is 19.4 Å². The maximum Gasteiger partial charge on any atom is 0.264 e. The lowest BCUT2D eigenvalue weighted by atomic mass is 10.2. The largest absolute Gasteiger partial charge is 0.419 e. The number of H-pyrrole nitrogens is 1. The Morgan fingerprint density at radius 1 is 1.36 bits per heavy atom. The van der Waals surface area contributed by atoms with Crippen LogP contribution in [0.1, 0.15) is 24.1 Å². The summed E-state index contributed by atoms with van der Waals surface area (Å²) < 4.78 is 5.44. The SMILES string of the molecule is CCc1nnc(-c2[nH]c(C)[c]c2C)o1. The van der Waals surface area contributed by atoms with Crippen LogP contribution in [0.3, 0.4) is 0 Å². The van der Waals surface area contributed by atoms with Crippen molar-refractivity contribution in [2.24, 2.45) is 0 Å². The Balaban J connectivity index is 2.43. The molecule has 0 aromatic carbocycles. The van der Waals surface area contributed by atoms with Crippen molar-refractivity contribution in [1.29, 1.82) is 0 Å². The number of aryl methyl sites for hydroxylation is 3. The van der Waals surface area contributed by atoms with Crippen molar-refractivity contribution in [3.05, 3.63) is 23.2 Å². The molecule has 2 aromatic heterocycles. The third-order valence-electron chi connectivity index (χ3n) is 2.05. The van der Waals surface area contributed by atoms with Gasteiger partial charge >= 0.3 is 0 Å². The van der Waals surface area contributed by atoms with Crippen molar-refractivity contribution in [3.8, 4) is 11.6 Å². The van der Waals surface area contributed by atoms with Crippen LogP contribution >= 0.6 is 0 Å². The van der Waals surface area contributed by atoms with Gasteiger partial charge in [0.1, 0.15) is 5.69 Å². The zero-order valence-electron chi connectivity index (χ0n) is 8.51. The van der Waals surface area contributed by atoms with E-state index in [1.165, 1.54) is 0 Å². The fraction of sp³-hybridized carbons (Fsp3) is 0.400. The van der Waals surface area contributed by atoms with Gasteiger partial charge in [0, 0.05) is 18.2 Å². The first-order valence-corrected chi connectivity index (χ1v) is 4.62. The Bertz CT molecular complexity index is 442. The number of hydrogen-bond acceptors (Lipinski definition) is 3. The molecule has 0 atom stereocenters. The van der Waals surface area contributed by atoms with Crippen LogP contribution in [0.5, 0.6) is 0 Å². The van der Waals surface area contributed by atoms with E-state index in [1.54, 1.807) is 0 Å². The smallest absolute Gasteiger partial charge is 0.264 e. The van der Waals surface area contributed by atoms with Crippen molar-refractivity contribution >= 4 is 0 Å². The van der Waals surface area contributed by atoms with Crippen molar-refractivity contribution in [2.45, 2.75) is 27.2 Å². The predicted molar refractivity (Wildman–Crippen MR) is 51.8 cm³/mol. The molecule has 0 bridgehead atoms.